The maximum Gasteiger partial charge on any atom is 0.335 e. The lowest BCUT2D eigenvalue weighted by atomic mass is 9.91. The van der Waals surface area contributed by atoms with E-state index < -0.39 is 5.97 Å². The number of benzene rings is 2. The fourth-order valence-corrected chi connectivity index (χ4v) is 3.51. The Morgan fingerprint density at radius 2 is 1.80 bits per heavy atom. The minimum atomic E-state index is -0.963. The number of carboxylic acids is 1. The van der Waals surface area contributed by atoms with Crippen LogP contribution < -0.4 is 0 Å². The summed E-state index contributed by atoms with van der Waals surface area (Å²) in [6.07, 6.45) is 3.43. The van der Waals surface area contributed by atoms with Crippen LogP contribution in [-0.4, -0.2) is 35.0 Å². The largest absolute Gasteiger partial charge is 0.478 e. The SMILES string of the molecule is O=C(O)c1cccc(CC(=O)N2CCCC(Cc3ccccc3)C2)c1. The molecule has 0 bridgehead atoms. The molecule has 1 atom stereocenters. The minimum absolute atomic E-state index is 0.0836. The molecule has 1 saturated heterocycles. The molecule has 0 aliphatic carbocycles. The van der Waals surface area contributed by atoms with Crippen molar-refractivity contribution in [2.75, 3.05) is 13.1 Å². The van der Waals surface area contributed by atoms with Crippen LogP contribution in [0.5, 0.6) is 0 Å². The highest BCUT2D eigenvalue weighted by molar-refractivity contribution is 5.88. The molecule has 130 valence electrons. The second-order valence-electron chi connectivity index (χ2n) is 6.72. The highest BCUT2D eigenvalue weighted by atomic mass is 16.4. The second-order valence-corrected chi connectivity index (χ2v) is 6.72. The molecule has 2 aromatic rings. The minimum Gasteiger partial charge on any atom is -0.478 e. The molecular weight excluding hydrogens is 314 g/mol. The van der Waals surface area contributed by atoms with Gasteiger partial charge in [-0.3, -0.25) is 4.79 Å². The van der Waals surface area contributed by atoms with Gasteiger partial charge in [-0.2, -0.15) is 0 Å². The number of aromatic carboxylic acids is 1. The van der Waals surface area contributed by atoms with Gasteiger partial charge in [0.05, 0.1) is 12.0 Å². The number of likely N-dealkylation sites (tertiary alicyclic amines) is 1. The van der Waals surface area contributed by atoms with Crippen LogP contribution >= 0.6 is 0 Å². The van der Waals surface area contributed by atoms with E-state index in [4.69, 9.17) is 5.11 Å². The Labute approximate surface area is 148 Å². The summed E-state index contributed by atoms with van der Waals surface area (Å²) in [5.74, 6) is -0.388. The zero-order valence-corrected chi connectivity index (χ0v) is 14.2. The Morgan fingerprint density at radius 3 is 2.56 bits per heavy atom. The van der Waals surface area contributed by atoms with Crippen LogP contribution in [0.4, 0.5) is 0 Å². The molecule has 0 saturated carbocycles. The number of carbonyl (C=O) groups is 2. The third-order valence-electron chi connectivity index (χ3n) is 4.77. The Bertz CT molecular complexity index is 742. The molecule has 1 aliphatic heterocycles. The lowest BCUT2D eigenvalue weighted by molar-refractivity contribution is -0.132. The number of amides is 1. The molecule has 1 unspecified atom stereocenters. The van der Waals surface area contributed by atoms with Gasteiger partial charge in [0, 0.05) is 13.1 Å². The van der Waals surface area contributed by atoms with E-state index in [-0.39, 0.29) is 17.9 Å². The Kier molecular flexibility index (Phi) is 5.49. The van der Waals surface area contributed by atoms with E-state index >= 15 is 0 Å². The molecule has 4 nitrogen and oxygen atoms in total. The zero-order chi connectivity index (χ0) is 17.6. The summed E-state index contributed by atoms with van der Waals surface area (Å²) >= 11 is 0. The Hall–Kier alpha value is -2.62. The summed E-state index contributed by atoms with van der Waals surface area (Å²) in [5.41, 5.74) is 2.30. The van der Waals surface area contributed by atoms with E-state index in [1.807, 2.05) is 17.0 Å². The first kappa shape index (κ1) is 17.2. The van der Waals surface area contributed by atoms with E-state index in [9.17, 15) is 9.59 Å². The number of nitrogens with zero attached hydrogens (tertiary/aromatic N) is 1. The highest BCUT2D eigenvalue weighted by Crippen LogP contribution is 2.21. The average molecular weight is 337 g/mol. The fourth-order valence-electron chi connectivity index (χ4n) is 3.51. The summed E-state index contributed by atoms with van der Waals surface area (Å²) < 4.78 is 0. The van der Waals surface area contributed by atoms with Crippen LogP contribution in [0.2, 0.25) is 0 Å². The molecule has 25 heavy (non-hydrogen) atoms. The Morgan fingerprint density at radius 1 is 1.04 bits per heavy atom. The summed E-state index contributed by atoms with van der Waals surface area (Å²) in [7, 11) is 0. The van der Waals surface area contributed by atoms with Gasteiger partial charge in [0.25, 0.3) is 0 Å². The monoisotopic (exact) mass is 337 g/mol. The summed E-state index contributed by atoms with van der Waals surface area (Å²) in [4.78, 5) is 25.6. The van der Waals surface area contributed by atoms with Crippen molar-refractivity contribution in [1.82, 2.24) is 4.90 Å². The molecule has 1 heterocycles. The van der Waals surface area contributed by atoms with Gasteiger partial charge in [0.2, 0.25) is 5.91 Å². The molecule has 0 aromatic heterocycles. The number of piperidine rings is 1. The van der Waals surface area contributed by atoms with Crippen LogP contribution in [0.1, 0.15) is 34.3 Å². The van der Waals surface area contributed by atoms with Gasteiger partial charge >= 0.3 is 5.97 Å². The normalized spacial score (nSPS) is 17.3. The van der Waals surface area contributed by atoms with Gasteiger partial charge in [-0.05, 0) is 48.4 Å². The number of carbonyl (C=O) groups excluding carboxylic acids is 1. The zero-order valence-electron chi connectivity index (χ0n) is 14.2. The smallest absolute Gasteiger partial charge is 0.335 e. The molecule has 0 radical (unpaired) electrons. The van der Waals surface area contributed by atoms with E-state index in [1.165, 1.54) is 5.56 Å². The third-order valence-corrected chi connectivity index (χ3v) is 4.77. The topological polar surface area (TPSA) is 57.6 Å². The Balaban J connectivity index is 1.60. The van der Waals surface area contributed by atoms with Crippen LogP contribution in [0, 0.1) is 5.92 Å². The van der Waals surface area contributed by atoms with Crippen molar-refractivity contribution in [2.45, 2.75) is 25.7 Å². The van der Waals surface area contributed by atoms with Gasteiger partial charge in [-0.25, -0.2) is 4.79 Å². The molecule has 0 spiro atoms. The van der Waals surface area contributed by atoms with E-state index in [1.54, 1.807) is 18.2 Å². The molecule has 1 fully saturated rings. The average Bonchev–Trinajstić information content (AvgIpc) is 2.63. The van der Waals surface area contributed by atoms with Gasteiger partial charge in [0.1, 0.15) is 0 Å². The molecule has 4 heteroatoms. The maximum atomic E-state index is 12.6. The predicted molar refractivity (Wildman–Crippen MR) is 96.6 cm³/mol. The molecule has 2 aromatic carbocycles. The van der Waals surface area contributed by atoms with Crippen molar-refractivity contribution in [3.05, 3.63) is 71.3 Å². The van der Waals surface area contributed by atoms with Crippen molar-refractivity contribution in [1.29, 1.82) is 0 Å². The lowest BCUT2D eigenvalue weighted by Gasteiger charge is -2.33. The van der Waals surface area contributed by atoms with Crippen molar-refractivity contribution < 1.29 is 14.7 Å². The van der Waals surface area contributed by atoms with Crippen molar-refractivity contribution in [2.24, 2.45) is 5.92 Å². The first-order valence-electron chi connectivity index (χ1n) is 8.76. The van der Waals surface area contributed by atoms with Crippen LogP contribution in [0.3, 0.4) is 0 Å². The number of carboxylic acid groups (broad SMARTS) is 1. The lowest BCUT2D eigenvalue weighted by Crippen LogP contribution is -2.41. The summed E-state index contributed by atoms with van der Waals surface area (Å²) in [6.45, 7) is 1.58. The molecule has 1 aliphatic rings. The molecule has 1 N–H and O–H groups in total. The number of hydrogen-bond donors (Lipinski definition) is 1. The van der Waals surface area contributed by atoms with Crippen LogP contribution in [0.25, 0.3) is 0 Å². The van der Waals surface area contributed by atoms with Gasteiger partial charge in [0.15, 0.2) is 0 Å². The second kappa shape index (κ2) is 7.97. The quantitative estimate of drug-likeness (QED) is 0.909. The van der Waals surface area contributed by atoms with E-state index in [2.05, 4.69) is 24.3 Å². The van der Waals surface area contributed by atoms with Crippen LogP contribution in [0.15, 0.2) is 54.6 Å². The van der Waals surface area contributed by atoms with Gasteiger partial charge < -0.3 is 10.0 Å². The molecular formula is C21H23NO3. The highest BCUT2D eigenvalue weighted by Gasteiger charge is 2.24. The fraction of sp³-hybridized carbons (Fsp3) is 0.333. The first-order valence-corrected chi connectivity index (χ1v) is 8.76. The summed E-state index contributed by atoms with van der Waals surface area (Å²) in [6, 6.07) is 17.0. The number of rotatable bonds is 5. The standard InChI is InChI=1S/C21H23NO3/c23-20(14-17-8-4-10-19(13-17)21(24)25)22-11-5-9-18(15-22)12-16-6-2-1-3-7-16/h1-4,6-8,10,13,18H,5,9,11-12,14-15H2,(H,24,25). The summed E-state index contributed by atoms with van der Waals surface area (Å²) in [5, 5.41) is 9.07. The molecule has 3 rings (SSSR count). The van der Waals surface area contributed by atoms with Crippen molar-refractivity contribution in [3.63, 3.8) is 0 Å². The van der Waals surface area contributed by atoms with Crippen molar-refractivity contribution >= 4 is 11.9 Å². The predicted octanol–water partition coefficient (Wildman–Crippen LogP) is 3.41. The van der Waals surface area contributed by atoms with Gasteiger partial charge in [-0.1, -0.05) is 42.5 Å². The van der Waals surface area contributed by atoms with Gasteiger partial charge in [-0.15, -0.1) is 0 Å². The molecule has 1 amide bonds. The third kappa shape index (κ3) is 4.69. The van der Waals surface area contributed by atoms with Crippen LogP contribution in [-0.2, 0) is 17.6 Å². The van der Waals surface area contributed by atoms with E-state index in [0.29, 0.717) is 5.92 Å². The first-order chi connectivity index (χ1) is 12.1. The van der Waals surface area contributed by atoms with E-state index in [0.717, 1.165) is 37.9 Å². The van der Waals surface area contributed by atoms with Crippen molar-refractivity contribution in [3.8, 4) is 0 Å². The maximum absolute atomic E-state index is 12.6. The number of hydrogen-bond acceptors (Lipinski definition) is 2.